The Bertz CT molecular complexity index is 755. The maximum atomic E-state index is 12.7. The third-order valence-corrected chi connectivity index (χ3v) is 5.08. The normalized spacial score (nSPS) is 11.5. The highest BCUT2D eigenvalue weighted by molar-refractivity contribution is 7.89. The van der Waals surface area contributed by atoms with Crippen LogP contribution in [0.3, 0.4) is 0 Å². The summed E-state index contributed by atoms with van der Waals surface area (Å²) < 4.78 is 31.8. The predicted octanol–water partition coefficient (Wildman–Crippen LogP) is 2.72. The van der Waals surface area contributed by atoms with Gasteiger partial charge in [-0.1, -0.05) is 12.0 Å². The van der Waals surface area contributed by atoms with Gasteiger partial charge in [0.1, 0.15) is 5.76 Å². The maximum Gasteiger partial charge on any atom is 0.244 e. The molecule has 1 heterocycles. The van der Waals surface area contributed by atoms with Gasteiger partial charge in [0.15, 0.2) is 0 Å². The number of hydrogen-bond donors (Lipinski definition) is 0. The molecule has 0 bridgehead atoms. The molecular formula is C16H17NO3S. The van der Waals surface area contributed by atoms with Crippen molar-refractivity contribution in [2.24, 2.45) is 0 Å². The molecule has 4 nitrogen and oxygen atoms in total. The number of sulfonamides is 1. The van der Waals surface area contributed by atoms with Crippen molar-refractivity contribution in [2.75, 3.05) is 6.54 Å². The van der Waals surface area contributed by atoms with Crippen LogP contribution >= 0.6 is 0 Å². The second-order valence-electron chi connectivity index (χ2n) is 4.80. The number of furan rings is 1. The molecule has 0 aliphatic heterocycles. The van der Waals surface area contributed by atoms with Gasteiger partial charge in [0.05, 0.1) is 24.2 Å². The van der Waals surface area contributed by atoms with Gasteiger partial charge in [0, 0.05) is 0 Å². The van der Waals surface area contributed by atoms with Crippen molar-refractivity contribution in [1.29, 1.82) is 0 Å². The minimum Gasteiger partial charge on any atom is -0.468 e. The van der Waals surface area contributed by atoms with Gasteiger partial charge in [-0.25, -0.2) is 8.42 Å². The van der Waals surface area contributed by atoms with E-state index in [1.807, 2.05) is 13.8 Å². The molecule has 2 rings (SSSR count). The van der Waals surface area contributed by atoms with Crippen LogP contribution in [-0.4, -0.2) is 19.3 Å². The highest BCUT2D eigenvalue weighted by Gasteiger charge is 2.25. The summed E-state index contributed by atoms with van der Waals surface area (Å²) >= 11 is 0. The fourth-order valence-electron chi connectivity index (χ4n) is 1.93. The molecule has 0 fully saturated rings. The molecule has 0 saturated carbocycles. The van der Waals surface area contributed by atoms with Crippen molar-refractivity contribution in [1.82, 2.24) is 4.31 Å². The molecule has 0 amide bonds. The van der Waals surface area contributed by atoms with Crippen LogP contribution in [0, 0.1) is 26.2 Å². The number of terminal acetylenes is 1. The van der Waals surface area contributed by atoms with E-state index in [1.54, 1.807) is 30.3 Å². The van der Waals surface area contributed by atoms with Gasteiger partial charge in [-0.15, -0.1) is 6.42 Å². The van der Waals surface area contributed by atoms with Gasteiger partial charge in [-0.3, -0.25) is 0 Å². The number of aryl methyl sites for hydroxylation is 2. The van der Waals surface area contributed by atoms with Gasteiger partial charge in [-0.05, 0) is 49.2 Å². The van der Waals surface area contributed by atoms with E-state index in [1.165, 1.54) is 10.6 Å². The van der Waals surface area contributed by atoms with Crippen molar-refractivity contribution in [3.8, 4) is 12.3 Å². The first-order valence-electron chi connectivity index (χ1n) is 6.48. The lowest BCUT2D eigenvalue weighted by molar-refractivity contribution is 0.389. The van der Waals surface area contributed by atoms with Crippen molar-refractivity contribution in [3.63, 3.8) is 0 Å². The molecule has 0 spiro atoms. The average molecular weight is 303 g/mol. The van der Waals surface area contributed by atoms with Crippen molar-refractivity contribution in [2.45, 2.75) is 25.3 Å². The van der Waals surface area contributed by atoms with E-state index in [2.05, 4.69) is 5.92 Å². The van der Waals surface area contributed by atoms with E-state index in [0.29, 0.717) is 5.76 Å². The largest absolute Gasteiger partial charge is 0.468 e. The zero-order valence-electron chi connectivity index (χ0n) is 12.0. The standard InChI is InChI=1S/C16H17NO3S/c1-4-9-17(12-15-6-5-10-20-15)21(18,19)16-8-7-13(2)14(3)11-16/h1,5-8,10-11H,9,12H2,2-3H3. The molecular weight excluding hydrogens is 286 g/mol. The van der Waals surface area contributed by atoms with Gasteiger partial charge in [-0.2, -0.15) is 4.31 Å². The molecule has 0 N–H and O–H groups in total. The summed E-state index contributed by atoms with van der Waals surface area (Å²) in [7, 11) is -3.65. The van der Waals surface area contributed by atoms with Crippen molar-refractivity contribution >= 4 is 10.0 Å². The molecule has 1 aromatic heterocycles. The van der Waals surface area contributed by atoms with Crippen LogP contribution in [0.5, 0.6) is 0 Å². The minimum atomic E-state index is -3.65. The molecule has 0 radical (unpaired) electrons. The fraction of sp³-hybridized carbons (Fsp3) is 0.250. The number of rotatable bonds is 5. The van der Waals surface area contributed by atoms with Gasteiger partial charge >= 0.3 is 0 Å². The van der Waals surface area contributed by atoms with E-state index in [9.17, 15) is 8.42 Å². The topological polar surface area (TPSA) is 50.5 Å². The number of nitrogens with zero attached hydrogens (tertiary/aromatic N) is 1. The number of benzene rings is 1. The Morgan fingerprint density at radius 2 is 2.00 bits per heavy atom. The lowest BCUT2D eigenvalue weighted by atomic mass is 10.1. The summed E-state index contributed by atoms with van der Waals surface area (Å²) in [6.07, 6.45) is 6.81. The van der Waals surface area contributed by atoms with Crippen LogP contribution in [0.1, 0.15) is 16.9 Å². The quantitative estimate of drug-likeness (QED) is 0.798. The van der Waals surface area contributed by atoms with Crippen LogP contribution in [0.25, 0.3) is 0 Å². The van der Waals surface area contributed by atoms with Gasteiger partial charge in [0.2, 0.25) is 10.0 Å². The fourth-order valence-corrected chi connectivity index (χ4v) is 3.33. The highest BCUT2D eigenvalue weighted by atomic mass is 32.2. The lowest BCUT2D eigenvalue weighted by Crippen LogP contribution is -2.31. The molecule has 0 unspecified atom stereocenters. The number of hydrogen-bond acceptors (Lipinski definition) is 3. The van der Waals surface area contributed by atoms with E-state index < -0.39 is 10.0 Å². The van der Waals surface area contributed by atoms with Crippen LogP contribution in [-0.2, 0) is 16.6 Å². The zero-order chi connectivity index (χ0) is 15.5. The van der Waals surface area contributed by atoms with Crippen LogP contribution in [0.4, 0.5) is 0 Å². The minimum absolute atomic E-state index is 0.00401. The SMILES string of the molecule is C#CCN(Cc1ccco1)S(=O)(=O)c1ccc(C)c(C)c1. The Balaban J connectivity index is 2.37. The maximum absolute atomic E-state index is 12.7. The Morgan fingerprint density at radius 3 is 2.57 bits per heavy atom. The first-order valence-corrected chi connectivity index (χ1v) is 7.92. The molecule has 21 heavy (non-hydrogen) atoms. The van der Waals surface area contributed by atoms with Crippen molar-refractivity contribution < 1.29 is 12.8 Å². The third kappa shape index (κ3) is 3.35. The first-order chi connectivity index (χ1) is 9.95. The van der Waals surface area contributed by atoms with Crippen LogP contribution < -0.4 is 0 Å². The second kappa shape index (κ2) is 6.17. The summed E-state index contributed by atoms with van der Waals surface area (Å²) in [5.41, 5.74) is 1.97. The van der Waals surface area contributed by atoms with E-state index >= 15 is 0 Å². The molecule has 0 aliphatic rings. The highest BCUT2D eigenvalue weighted by Crippen LogP contribution is 2.21. The Hall–Kier alpha value is -2.03. The Labute approximate surface area is 125 Å². The van der Waals surface area contributed by atoms with E-state index in [0.717, 1.165) is 11.1 Å². The van der Waals surface area contributed by atoms with E-state index in [-0.39, 0.29) is 18.0 Å². The molecule has 0 aliphatic carbocycles. The second-order valence-corrected chi connectivity index (χ2v) is 6.74. The van der Waals surface area contributed by atoms with Crippen LogP contribution in [0.2, 0.25) is 0 Å². The molecule has 5 heteroatoms. The Kier molecular flexibility index (Phi) is 4.51. The van der Waals surface area contributed by atoms with Crippen molar-refractivity contribution in [3.05, 3.63) is 53.5 Å². The van der Waals surface area contributed by atoms with E-state index in [4.69, 9.17) is 10.8 Å². The monoisotopic (exact) mass is 303 g/mol. The first kappa shape index (κ1) is 15.4. The zero-order valence-corrected chi connectivity index (χ0v) is 12.9. The summed E-state index contributed by atoms with van der Waals surface area (Å²) in [4.78, 5) is 0.243. The molecule has 2 aromatic rings. The third-order valence-electron chi connectivity index (χ3n) is 3.30. The Morgan fingerprint density at radius 1 is 1.24 bits per heavy atom. The summed E-state index contributed by atoms with van der Waals surface area (Å²) in [5, 5.41) is 0. The molecule has 1 aromatic carbocycles. The van der Waals surface area contributed by atoms with Gasteiger partial charge in [0.25, 0.3) is 0 Å². The van der Waals surface area contributed by atoms with Crippen LogP contribution in [0.15, 0.2) is 45.9 Å². The predicted molar refractivity (Wildman–Crippen MR) is 81.1 cm³/mol. The van der Waals surface area contributed by atoms with Gasteiger partial charge < -0.3 is 4.42 Å². The average Bonchev–Trinajstić information content (AvgIpc) is 2.94. The summed E-state index contributed by atoms with van der Waals surface area (Å²) in [6.45, 7) is 3.93. The molecule has 0 atom stereocenters. The molecule has 110 valence electrons. The smallest absolute Gasteiger partial charge is 0.244 e. The summed E-state index contributed by atoms with van der Waals surface area (Å²) in [6, 6.07) is 8.49. The summed E-state index contributed by atoms with van der Waals surface area (Å²) in [5.74, 6) is 2.94. The molecule has 0 saturated heterocycles. The lowest BCUT2D eigenvalue weighted by Gasteiger charge is -2.19.